The molecule has 1 atom stereocenters. The lowest BCUT2D eigenvalue weighted by Crippen LogP contribution is -2.44. The molecule has 0 aromatic carbocycles. The smallest absolute Gasteiger partial charge is 0.393 e. The molecule has 0 saturated carbocycles. The minimum absolute atomic E-state index is 0.00170. The minimum atomic E-state index is -2.58. The number of rotatable bonds is 17. The summed E-state index contributed by atoms with van der Waals surface area (Å²) < 4.78 is 16.4. The maximum Gasteiger partial charge on any atom is 0.500 e. The van der Waals surface area contributed by atoms with Crippen LogP contribution in [0.1, 0.15) is 78.6 Å². The fourth-order valence-electron chi connectivity index (χ4n) is 2.99. The van der Waals surface area contributed by atoms with Gasteiger partial charge in [0.1, 0.15) is 0 Å². The molecule has 162 valence electrons. The third-order valence-corrected chi connectivity index (χ3v) is 7.88. The summed E-state index contributed by atoms with van der Waals surface area (Å²) in [5.74, 6) is 0.00170. The van der Waals surface area contributed by atoms with Crippen molar-refractivity contribution < 1.29 is 23.2 Å². The second-order valence-corrected chi connectivity index (χ2v) is 11.2. The Bertz CT molecular complexity index is 380. The summed E-state index contributed by atoms with van der Waals surface area (Å²) in [6.45, 7) is 7.00. The second-order valence-electron chi connectivity index (χ2n) is 8.13. The largest absolute Gasteiger partial charge is 0.500 e. The van der Waals surface area contributed by atoms with E-state index < -0.39 is 8.80 Å². The molecule has 27 heavy (non-hydrogen) atoms. The summed E-state index contributed by atoms with van der Waals surface area (Å²) >= 11 is 0. The Balaban J connectivity index is 4.04. The fraction of sp³-hybridized carbons (Fsp3) is 0.950. The van der Waals surface area contributed by atoms with Crippen molar-refractivity contribution in [2.24, 2.45) is 5.41 Å². The molecule has 7 heteroatoms. The highest BCUT2D eigenvalue weighted by atomic mass is 28.4. The zero-order valence-electron chi connectivity index (χ0n) is 18.4. The van der Waals surface area contributed by atoms with Gasteiger partial charge in [-0.05, 0) is 24.7 Å². The van der Waals surface area contributed by atoms with Gasteiger partial charge in [0.25, 0.3) is 0 Å². The highest BCUT2D eigenvalue weighted by Crippen LogP contribution is 2.27. The SMILES string of the molecule is CCCCCCCC(O)CCC(=O)NCC(C)(C)CC[Si](OC)(OC)OC. The molecule has 0 aromatic rings. The Morgan fingerprint density at radius 2 is 1.63 bits per heavy atom. The molecule has 0 fully saturated rings. The van der Waals surface area contributed by atoms with Gasteiger partial charge in [-0.1, -0.05) is 52.9 Å². The quantitative estimate of drug-likeness (QED) is 0.283. The highest BCUT2D eigenvalue weighted by molar-refractivity contribution is 6.60. The van der Waals surface area contributed by atoms with E-state index in [1.165, 1.54) is 25.7 Å². The summed E-state index contributed by atoms with van der Waals surface area (Å²) in [6.07, 6.45) is 8.09. The van der Waals surface area contributed by atoms with Crippen LogP contribution in [0, 0.1) is 5.41 Å². The molecule has 0 bridgehead atoms. The van der Waals surface area contributed by atoms with Crippen molar-refractivity contribution >= 4 is 14.7 Å². The molecule has 0 aromatic heterocycles. The Morgan fingerprint density at radius 3 is 2.19 bits per heavy atom. The van der Waals surface area contributed by atoms with Crippen LogP contribution < -0.4 is 5.32 Å². The van der Waals surface area contributed by atoms with Crippen LogP contribution in [0.2, 0.25) is 6.04 Å². The average Bonchev–Trinajstić information content (AvgIpc) is 2.66. The summed E-state index contributed by atoms with van der Waals surface area (Å²) in [5.41, 5.74) is -0.0820. The standard InChI is InChI=1S/C20H43NO5Si/c1-7-8-9-10-11-12-18(22)13-14-19(23)21-17-20(2,3)15-16-27(24-4,25-5)26-6/h18,22H,7-17H2,1-6H3,(H,21,23). The van der Waals surface area contributed by atoms with Crippen molar-refractivity contribution in [2.45, 2.75) is 90.7 Å². The van der Waals surface area contributed by atoms with Gasteiger partial charge in [0.05, 0.1) is 6.10 Å². The predicted molar refractivity (Wildman–Crippen MR) is 112 cm³/mol. The minimum Gasteiger partial charge on any atom is -0.393 e. The third kappa shape index (κ3) is 12.6. The van der Waals surface area contributed by atoms with E-state index >= 15 is 0 Å². The van der Waals surface area contributed by atoms with Gasteiger partial charge in [-0.25, -0.2) is 0 Å². The van der Waals surface area contributed by atoms with E-state index in [4.69, 9.17) is 13.3 Å². The molecule has 6 nitrogen and oxygen atoms in total. The van der Waals surface area contributed by atoms with Gasteiger partial charge in [-0.2, -0.15) is 0 Å². The van der Waals surface area contributed by atoms with Gasteiger partial charge in [0.15, 0.2) is 0 Å². The maximum absolute atomic E-state index is 12.1. The third-order valence-electron chi connectivity index (χ3n) is 5.15. The van der Waals surface area contributed by atoms with Crippen molar-refractivity contribution in [2.75, 3.05) is 27.9 Å². The molecule has 1 amide bonds. The number of hydrogen-bond donors (Lipinski definition) is 2. The first-order chi connectivity index (χ1) is 12.7. The number of aliphatic hydroxyl groups excluding tert-OH is 1. The van der Waals surface area contributed by atoms with E-state index in [2.05, 4.69) is 26.1 Å². The fourth-order valence-corrected chi connectivity index (χ4v) is 5.08. The lowest BCUT2D eigenvalue weighted by Gasteiger charge is -2.30. The highest BCUT2D eigenvalue weighted by Gasteiger charge is 2.39. The lowest BCUT2D eigenvalue weighted by molar-refractivity contribution is -0.122. The molecule has 0 spiro atoms. The molecule has 2 N–H and O–H groups in total. The topological polar surface area (TPSA) is 77.0 Å². The van der Waals surface area contributed by atoms with Crippen LogP contribution in [0.25, 0.3) is 0 Å². The Kier molecular flexibility index (Phi) is 14.3. The molecule has 0 rings (SSSR count). The van der Waals surface area contributed by atoms with Gasteiger partial charge >= 0.3 is 8.80 Å². The molecule has 1 unspecified atom stereocenters. The monoisotopic (exact) mass is 405 g/mol. The van der Waals surface area contributed by atoms with Crippen molar-refractivity contribution in [1.82, 2.24) is 5.32 Å². The van der Waals surface area contributed by atoms with Crippen molar-refractivity contribution in [3.63, 3.8) is 0 Å². The van der Waals surface area contributed by atoms with Crippen LogP contribution in [0.3, 0.4) is 0 Å². The van der Waals surface area contributed by atoms with Crippen LogP contribution in [0.15, 0.2) is 0 Å². The number of unbranched alkanes of at least 4 members (excludes halogenated alkanes) is 4. The van der Waals surface area contributed by atoms with Crippen LogP contribution in [0.4, 0.5) is 0 Å². The molecule has 0 aliphatic heterocycles. The van der Waals surface area contributed by atoms with Gasteiger partial charge < -0.3 is 23.7 Å². The molecule has 0 aliphatic rings. The molecular formula is C20H43NO5Si. The van der Waals surface area contributed by atoms with E-state index in [0.29, 0.717) is 25.4 Å². The van der Waals surface area contributed by atoms with E-state index in [1.54, 1.807) is 21.3 Å². The zero-order chi connectivity index (χ0) is 20.8. The molecule has 0 aliphatic carbocycles. The summed E-state index contributed by atoms with van der Waals surface area (Å²) in [6, 6.07) is 0.704. The first-order valence-electron chi connectivity index (χ1n) is 10.3. The number of hydrogen-bond acceptors (Lipinski definition) is 5. The summed E-state index contributed by atoms with van der Waals surface area (Å²) in [5, 5.41) is 13.0. The zero-order valence-corrected chi connectivity index (χ0v) is 19.4. The predicted octanol–water partition coefficient (Wildman–Crippen LogP) is 3.90. The van der Waals surface area contributed by atoms with Gasteiger partial charge in [0.2, 0.25) is 5.91 Å². The van der Waals surface area contributed by atoms with Crippen molar-refractivity contribution in [3.05, 3.63) is 0 Å². The van der Waals surface area contributed by atoms with Gasteiger partial charge in [-0.15, -0.1) is 0 Å². The first-order valence-corrected chi connectivity index (χ1v) is 12.3. The van der Waals surface area contributed by atoms with Crippen LogP contribution in [-0.2, 0) is 18.1 Å². The Morgan fingerprint density at radius 1 is 1.04 bits per heavy atom. The van der Waals surface area contributed by atoms with Gasteiger partial charge in [0, 0.05) is 40.3 Å². The second kappa shape index (κ2) is 14.5. The molecule has 0 saturated heterocycles. The number of aliphatic hydroxyl groups is 1. The summed E-state index contributed by atoms with van der Waals surface area (Å²) in [4.78, 5) is 12.1. The summed E-state index contributed by atoms with van der Waals surface area (Å²) in [7, 11) is 2.26. The van der Waals surface area contributed by atoms with E-state index in [9.17, 15) is 9.90 Å². The van der Waals surface area contributed by atoms with Crippen molar-refractivity contribution in [1.29, 1.82) is 0 Å². The van der Waals surface area contributed by atoms with Gasteiger partial charge in [-0.3, -0.25) is 4.79 Å². The lowest BCUT2D eigenvalue weighted by atomic mass is 9.90. The van der Waals surface area contributed by atoms with E-state index in [-0.39, 0.29) is 17.4 Å². The molecular weight excluding hydrogens is 362 g/mol. The van der Waals surface area contributed by atoms with Crippen LogP contribution in [0.5, 0.6) is 0 Å². The average molecular weight is 406 g/mol. The maximum atomic E-state index is 12.1. The number of carbonyl (C=O) groups excluding carboxylic acids is 1. The first kappa shape index (κ1) is 26.5. The van der Waals surface area contributed by atoms with Crippen LogP contribution >= 0.6 is 0 Å². The normalized spacial score (nSPS) is 13.6. The molecule has 0 radical (unpaired) electrons. The molecule has 0 heterocycles. The number of carbonyl (C=O) groups is 1. The Hall–Kier alpha value is -0.473. The van der Waals surface area contributed by atoms with E-state index in [0.717, 1.165) is 19.3 Å². The van der Waals surface area contributed by atoms with Crippen molar-refractivity contribution in [3.8, 4) is 0 Å². The van der Waals surface area contributed by atoms with Crippen LogP contribution in [-0.4, -0.2) is 53.8 Å². The van der Waals surface area contributed by atoms with E-state index in [1.807, 2.05) is 0 Å². The number of amides is 1. The Labute approximate surface area is 167 Å². The number of nitrogens with one attached hydrogen (secondary N) is 1.